The van der Waals surface area contributed by atoms with Crippen LogP contribution in [0.2, 0.25) is 0 Å². The lowest BCUT2D eigenvalue weighted by molar-refractivity contribution is 0.232. The van der Waals surface area contributed by atoms with E-state index in [-0.39, 0.29) is 0 Å². The van der Waals surface area contributed by atoms with Crippen molar-refractivity contribution in [3.63, 3.8) is 0 Å². The Balaban J connectivity index is 1.51. The number of aliphatic imine (C=N–C) groups is 1. The first-order chi connectivity index (χ1) is 13.3. The Morgan fingerprint density at radius 3 is 2.78 bits per heavy atom. The molecule has 2 aromatic rings. The lowest BCUT2D eigenvalue weighted by atomic mass is 10.1. The molecule has 146 valence electrons. The predicted octanol–water partition coefficient (Wildman–Crippen LogP) is 2.47. The summed E-state index contributed by atoms with van der Waals surface area (Å²) in [5.41, 5.74) is 2.49. The van der Waals surface area contributed by atoms with Gasteiger partial charge in [-0.1, -0.05) is 30.7 Å². The highest BCUT2D eigenvalue weighted by Gasteiger charge is 2.09. The van der Waals surface area contributed by atoms with E-state index in [1.165, 1.54) is 43.5 Å². The van der Waals surface area contributed by atoms with Crippen LogP contribution in [0.25, 0.3) is 0 Å². The molecule has 6 heteroatoms. The molecule has 0 atom stereocenters. The van der Waals surface area contributed by atoms with Crippen molar-refractivity contribution in [1.29, 1.82) is 0 Å². The van der Waals surface area contributed by atoms with Crippen molar-refractivity contribution >= 4 is 5.96 Å². The van der Waals surface area contributed by atoms with E-state index in [9.17, 15) is 0 Å². The van der Waals surface area contributed by atoms with Crippen LogP contribution >= 0.6 is 0 Å². The molecule has 1 aliphatic heterocycles. The Hall–Kier alpha value is -2.34. The number of nitrogens with zero attached hydrogens (tertiary/aromatic N) is 4. The van der Waals surface area contributed by atoms with Gasteiger partial charge in [0.2, 0.25) is 0 Å². The number of hydrogen-bond acceptors (Lipinski definition) is 3. The van der Waals surface area contributed by atoms with E-state index in [1.54, 1.807) is 0 Å². The SMILES string of the molecule is CCNC(=NCc1cccc(Cn2ccnc2)c1)NCCN1CCCCC1. The molecule has 0 spiro atoms. The predicted molar refractivity (Wildman–Crippen MR) is 111 cm³/mol. The Bertz CT molecular complexity index is 688. The third-order valence-electron chi connectivity index (χ3n) is 4.85. The Labute approximate surface area is 162 Å². The molecule has 27 heavy (non-hydrogen) atoms. The number of benzene rings is 1. The largest absolute Gasteiger partial charge is 0.357 e. The van der Waals surface area contributed by atoms with Crippen LogP contribution in [-0.2, 0) is 13.1 Å². The molecular formula is C21H32N6. The average Bonchev–Trinajstić information content (AvgIpc) is 3.20. The van der Waals surface area contributed by atoms with Gasteiger partial charge >= 0.3 is 0 Å². The van der Waals surface area contributed by atoms with Gasteiger partial charge in [0, 0.05) is 38.6 Å². The van der Waals surface area contributed by atoms with Crippen LogP contribution in [0.4, 0.5) is 0 Å². The summed E-state index contributed by atoms with van der Waals surface area (Å²) in [5, 5.41) is 6.82. The molecule has 0 radical (unpaired) electrons. The first-order valence-corrected chi connectivity index (χ1v) is 10.1. The fraction of sp³-hybridized carbons (Fsp3) is 0.524. The second kappa shape index (κ2) is 10.7. The van der Waals surface area contributed by atoms with Gasteiger partial charge in [-0.25, -0.2) is 9.98 Å². The lowest BCUT2D eigenvalue weighted by Crippen LogP contribution is -2.42. The van der Waals surface area contributed by atoms with E-state index in [0.717, 1.165) is 32.1 Å². The number of aromatic nitrogens is 2. The van der Waals surface area contributed by atoms with Crippen molar-refractivity contribution in [3.05, 3.63) is 54.1 Å². The van der Waals surface area contributed by atoms with Crippen LogP contribution < -0.4 is 10.6 Å². The molecule has 1 aromatic carbocycles. The minimum absolute atomic E-state index is 0.677. The second-order valence-electron chi connectivity index (χ2n) is 7.08. The van der Waals surface area contributed by atoms with Crippen molar-refractivity contribution in [2.75, 3.05) is 32.7 Å². The molecule has 2 heterocycles. The third-order valence-corrected chi connectivity index (χ3v) is 4.85. The zero-order valence-electron chi connectivity index (χ0n) is 16.4. The van der Waals surface area contributed by atoms with Crippen LogP contribution in [0.1, 0.15) is 37.3 Å². The first-order valence-electron chi connectivity index (χ1n) is 10.1. The number of hydrogen-bond donors (Lipinski definition) is 2. The van der Waals surface area contributed by atoms with Gasteiger partial charge in [-0.05, 0) is 44.0 Å². The first kappa shape index (κ1) is 19.4. The van der Waals surface area contributed by atoms with E-state index in [2.05, 4.69) is 56.3 Å². The molecule has 0 bridgehead atoms. The Morgan fingerprint density at radius 2 is 2.00 bits per heavy atom. The van der Waals surface area contributed by atoms with Gasteiger partial charge in [0.15, 0.2) is 5.96 Å². The fourth-order valence-corrected chi connectivity index (χ4v) is 3.44. The minimum atomic E-state index is 0.677. The van der Waals surface area contributed by atoms with Crippen LogP contribution in [-0.4, -0.2) is 53.1 Å². The van der Waals surface area contributed by atoms with E-state index < -0.39 is 0 Å². The average molecular weight is 369 g/mol. The topological polar surface area (TPSA) is 57.5 Å². The lowest BCUT2D eigenvalue weighted by Gasteiger charge is -2.26. The number of guanidine groups is 1. The van der Waals surface area contributed by atoms with Gasteiger partial charge in [-0.15, -0.1) is 0 Å². The number of rotatable bonds is 8. The quantitative estimate of drug-likeness (QED) is 0.555. The summed E-state index contributed by atoms with van der Waals surface area (Å²) in [7, 11) is 0. The highest BCUT2D eigenvalue weighted by Crippen LogP contribution is 2.09. The monoisotopic (exact) mass is 368 g/mol. The highest BCUT2D eigenvalue weighted by molar-refractivity contribution is 5.79. The van der Waals surface area contributed by atoms with E-state index >= 15 is 0 Å². The molecule has 1 aromatic heterocycles. The van der Waals surface area contributed by atoms with Gasteiger partial charge < -0.3 is 20.1 Å². The van der Waals surface area contributed by atoms with Gasteiger partial charge in [-0.3, -0.25) is 0 Å². The maximum absolute atomic E-state index is 4.76. The van der Waals surface area contributed by atoms with E-state index in [4.69, 9.17) is 4.99 Å². The minimum Gasteiger partial charge on any atom is -0.357 e. The summed E-state index contributed by atoms with van der Waals surface area (Å²) < 4.78 is 2.08. The van der Waals surface area contributed by atoms with Crippen LogP contribution in [0.3, 0.4) is 0 Å². The number of piperidine rings is 1. The summed E-state index contributed by atoms with van der Waals surface area (Å²) in [5.74, 6) is 0.898. The molecule has 3 rings (SSSR count). The van der Waals surface area contributed by atoms with Crippen molar-refractivity contribution in [2.45, 2.75) is 39.3 Å². The molecule has 1 aliphatic rings. The highest BCUT2D eigenvalue weighted by atomic mass is 15.2. The van der Waals surface area contributed by atoms with Gasteiger partial charge in [-0.2, -0.15) is 0 Å². The molecule has 2 N–H and O–H groups in total. The maximum atomic E-state index is 4.76. The third kappa shape index (κ3) is 6.71. The van der Waals surface area contributed by atoms with Crippen molar-refractivity contribution < 1.29 is 0 Å². The molecule has 0 saturated carbocycles. The maximum Gasteiger partial charge on any atom is 0.191 e. The van der Waals surface area contributed by atoms with Crippen molar-refractivity contribution in [2.24, 2.45) is 4.99 Å². The Kier molecular flexibility index (Phi) is 7.71. The summed E-state index contributed by atoms with van der Waals surface area (Å²) in [6.07, 6.45) is 9.70. The van der Waals surface area contributed by atoms with Crippen LogP contribution in [0.5, 0.6) is 0 Å². The fourth-order valence-electron chi connectivity index (χ4n) is 3.44. The second-order valence-corrected chi connectivity index (χ2v) is 7.08. The van der Waals surface area contributed by atoms with Gasteiger partial charge in [0.1, 0.15) is 0 Å². The molecule has 6 nitrogen and oxygen atoms in total. The molecule has 1 fully saturated rings. The molecule has 0 aliphatic carbocycles. The van der Waals surface area contributed by atoms with Gasteiger partial charge in [0.05, 0.1) is 12.9 Å². The van der Waals surface area contributed by atoms with E-state index in [0.29, 0.717) is 6.54 Å². The number of imidazole rings is 1. The summed E-state index contributed by atoms with van der Waals surface area (Å²) in [4.78, 5) is 11.4. The number of nitrogens with one attached hydrogen (secondary N) is 2. The van der Waals surface area contributed by atoms with Crippen LogP contribution in [0.15, 0.2) is 48.0 Å². The van der Waals surface area contributed by atoms with Crippen molar-refractivity contribution in [3.8, 4) is 0 Å². The van der Waals surface area contributed by atoms with Crippen molar-refractivity contribution in [1.82, 2.24) is 25.1 Å². The number of likely N-dealkylation sites (tertiary alicyclic amines) is 1. The zero-order chi connectivity index (χ0) is 18.7. The van der Waals surface area contributed by atoms with Gasteiger partial charge in [0.25, 0.3) is 0 Å². The standard InChI is InChI=1S/C21H32N6/c1-2-23-21(24-10-14-26-11-4-3-5-12-26)25-16-19-7-6-8-20(15-19)17-27-13-9-22-18-27/h6-9,13,15,18H,2-5,10-12,14,16-17H2,1H3,(H2,23,24,25). The molecular weight excluding hydrogens is 336 g/mol. The van der Waals surface area contributed by atoms with E-state index in [1.807, 2.05) is 18.7 Å². The molecule has 1 saturated heterocycles. The molecule has 0 unspecified atom stereocenters. The normalized spacial score (nSPS) is 15.7. The van der Waals surface area contributed by atoms with Crippen LogP contribution in [0, 0.1) is 0 Å². The Morgan fingerprint density at radius 1 is 1.15 bits per heavy atom. The summed E-state index contributed by atoms with van der Waals surface area (Å²) >= 11 is 0. The molecule has 0 amide bonds. The summed E-state index contributed by atoms with van der Waals surface area (Å²) in [6, 6.07) is 8.61. The summed E-state index contributed by atoms with van der Waals surface area (Å²) in [6.45, 7) is 8.99. The zero-order valence-corrected chi connectivity index (χ0v) is 16.4. The smallest absolute Gasteiger partial charge is 0.191 e.